The highest BCUT2D eigenvalue weighted by Crippen LogP contribution is 2.18. The maximum absolute atomic E-state index is 5.60. The van der Waals surface area contributed by atoms with Crippen LogP contribution in [0.1, 0.15) is 31.7 Å². The summed E-state index contributed by atoms with van der Waals surface area (Å²) in [6, 6.07) is 8.11. The zero-order chi connectivity index (χ0) is 19.3. The van der Waals surface area contributed by atoms with Crippen LogP contribution in [0.25, 0.3) is 0 Å². The maximum Gasteiger partial charge on any atom is 0.193 e. The first-order chi connectivity index (χ1) is 13.2. The van der Waals surface area contributed by atoms with Gasteiger partial charge in [-0.1, -0.05) is 12.1 Å². The van der Waals surface area contributed by atoms with Crippen molar-refractivity contribution < 1.29 is 14.2 Å². The van der Waals surface area contributed by atoms with Gasteiger partial charge in [0.2, 0.25) is 0 Å². The number of halogens is 1. The van der Waals surface area contributed by atoms with Crippen molar-refractivity contribution in [2.75, 3.05) is 53.7 Å². The van der Waals surface area contributed by atoms with Gasteiger partial charge in [0, 0.05) is 40.5 Å². The number of hydrogen-bond donors (Lipinski definition) is 1. The molecule has 1 saturated heterocycles. The number of nitrogens with zero attached hydrogens (tertiary/aromatic N) is 2. The summed E-state index contributed by atoms with van der Waals surface area (Å²) >= 11 is 0. The van der Waals surface area contributed by atoms with E-state index in [-0.39, 0.29) is 24.0 Å². The largest absolute Gasteiger partial charge is 0.491 e. The molecule has 0 spiro atoms. The summed E-state index contributed by atoms with van der Waals surface area (Å²) in [7, 11) is 3.79. The van der Waals surface area contributed by atoms with Gasteiger partial charge in [-0.25, -0.2) is 4.99 Å². The van der Waals surface area contributed by atoms with Gasteiger partial charge in [0.1, 0.15) is 12.4 Å². The predicted octanol–water partition coefficient (Wildman–Crippen LogP) is 3.54. The van der Waals surface area contributed by atoms with Crippen molar-refractivity contribution in [3.63, 3.8) is 0 Å². The first kappa shape index (κ1) is 25.0. The van der Waals surface area contributed by atoms with Crippen molar-refractivity contribution in [1.29, 1.82) is 0 Å². The van der Waals surface area contributed by atoms with Gasteiger partial charge in [-0.05, 0) is 49.8 Å². The lowest BCUT2D eigenvalue weighted by Crippen LogP contribution is -2.40. The summed E-state index contributed by atoms with van der Waals surface area (Å²) in [5, 5.41) is 3.40. The molecule has 0 amide bonds. The second-order valence-corrected chi connectivity index (χ2v) is 6.92. The molecule has 1 aliphatic rings. The Bertz CT molecular complexity index is 548. The zero-order valence-corrected chi connectivity index (χ0v) is 19.8. The van der Waals surface area contributed by atoms with Gasteiger partial charge in [0.15, 0.2) is 5.96 Å². The van der Waals surface area contributed by atoms with Crippen LogP contribution in [0, 0.1) is 5.92 Å². The van der Waals surface area contributed by atoms with E-state index in [2.05, 4.69) is 36.3 Å². The molecule has 7 heteroatoms. The lowest BCUT2D eigenvalue weighted by molar-refractivity contribution is 0.0625. The average molecular weight is 505 g/mol. The molecular formula is C21H36IN3O3. The molecule has 1 aromatic carbocycles. The molecule has 1 fully saturated rings. The quantitative estimate of drug-likeness (QED) is 0.228. The Morgan fingerprint density at radius 1 is 1.21 bits per heavy atom. The highest BCUT2D eigenvalue weighted by molar-refractivity contribution is 14.0. The van der Waals surface area contributed by atoms with Gasteiger partial charge in [-0.15, -0.1) is 24.0 Å². The average Bonchev–Trinajstić information content (AvgIpc) is 2.71. The molecule has 0 bridgehead atoms. The van der Waals surface area contributed by atoms with E-state index in [1.807, 2.05) is 12.1 Å². The maximum atomic E-state index is 5.60. The summed E-state index contributed by atoms with van der Waals surface area (Å²) in [6.45, 7) is 7.63. The van der Waals surface area contributed by atoms with E-state index in [9.17, 15) is 0 Å². The third-order valence-electron chi connectivity index (χ3n) is 4.80. The molecule has 1 aliphatic heterocycles. The lowest BCUT2D eigenvalue weighted by Gasteiger charge is -2.26. The molecule has 6 nitrogen and oxygen atoms in total. The number of guanidine groups is 1. The summed E-state index contributed by atoms with van der Waals surface area (Å²) in [6.07, 6.45) is 3.55. The Hall–Kier alpha value is -1.06. The van der Waals surface area contributed by atoms with Crippen molar-refractivity contribution in [1.82, 2.24) is 10.2 Å². The number of hydrogen-bond acceptors (Lipinski definition) is 4. The van der Waals surface area contributed by atoms with Crippen molar-refractivity contribution in [2.24, 2.45) is 10.9 Å². The molecule has 1 N–H and O–H groups in total. The third-order valence-corrected chi connectivity index (χ3v) is 4.80. The molecule has 0 aliphatic carbocycles. The number of rotatable bonds is 10. The van der Waals surface area contributed by atoms with E-state index >= 15 is 0 Å². The fraction of sp³-hybridized carbons (Fsp3) is 0.667. The molecule has 0 saturated carbocycles. The number of benzene rings is 1. The minimum absolute atomic E-state index is 0. The Kier molecular flexibility index (Phi) is 13.3. The standard InChI is InChI=1S/C21H35N3O3.HI/c1-4-22-21(24(2)12-9-18-10-13-26-14-11-18)23-17-19-5-7-20(8-6-19)27-16-15-25-3;/h5-8,18H,4,9-17H2,1-3H3,(H,22,23);1H. The summed E-state index contributed by atoms with van der Waals surface area (Å²) < 4.78 is 16.0. The highest BCUT2D eigenvalue weighted by Gasteiger charge is 2.15. The zero-order valence-electron chi connectivity index (χ0n) is 17.5. The Balaban J connectivity index is 0.00000392. The van der Waals surface area contributed by atoms with Crippen LogP contribution >= 0.6 is 24.0 Å². The van der Waals surface area contributed by atoms with Gasteiger partial charge < -0.3 is 24.4 Å². The predicted molar refractivity (Wildman–Crippen MR) is 125 cm³/mol. The fourth-order valence-corrected chi connectivity index (χ4v) is 3.09. The van der Waals surface area contributed by atoms with Crippen LogP contribution in [-0.2, 0) is 16.0 Å². The van der Waals surface area contributed by atoms with Crippen LogP contribution < -0.4 is 10.1 Å². The molecule has 1 aromatic rings. The topological polar surface area (TPSA) is 55.3 Å². The van der Waals surface area contributed by atoms with Gasteiger partial charge in [-0.3, -0.25) is 0 Å². The van der Waals surface area contributed by atoms with Crippen molar-refractivity contribution >= 4 is 29.9 Å². The SMILES string of the molecule is CCNC(=NCc1ccc(OCCOC)cc1)N(C)CCC1CCOCC1.I. The van der Waals surface area contributed by atoms with Gasteiger partial charge in [0.25, 0.3) is 0 Å². The Labute approximate surface area is 187 Å². The van der Waals surface area contributed by atoms with Crippen LogP contribution in [0.4, 0.5) is 0 Å². The monoisotopic (exact) mass is 505 g/mol. The van der Waals surface area contributed by atoms with E-state index < -0.39 is 0 Å². The molecule has 160 valence electrons. The summed E-state index contributed by atoms with van der Waals surface area (Å²) in [4.78, 5) is 7.04. The van der Waals surface area contributed by atoms with Crippen molar-refractivity contribution in [2.45, 2.75) is 32.7 Å². The normalized spacial score (nSPS) is 15.0. The second-order valence-electron chi connectivity index (χ2n) is 6.92. The van der Waals surface area contributed by atoms with Crippen LogP contribution in [0.3, 0.4) is 0 Å². The highest BCUT2D eigenvalue weighted by atomic mass is 127. The van der Waals surface area contributed by atoms with Gasteiger partial charge in [-0.2, -0.15) is 0 Å². The van der Waals surface area contributed by atoms with E-state index in [0.717, 1.165) is 43.9 Å². The minimum Gasteiger partial charge on any atom is -0.491 e. The first-order valence-electron chi connectivity index (χ1n) is 10.0. The lowest BCUT2D eigenvalue weighted by atomic mass is 9.96. The van der Waals surface area contributed by atoms with E-state index in [1.165, 1.54) is 24.8 Å². The van der Waals surface area contributed by atoms with E-state index in [1.54, 1.807) is 7.11 Å². The summed E-state index contributed by atoms with van der Waals surface area (Å²) in [5.74, 6) is 2.60. The number of ether oxygens (including phenoxy) is 3. The van der Waals surface area contributed by atoms with Crippen LogP contribution in [0.2, 0.25) is 0 Å². The smallest absolute Gasteiger partial charge is 0.193 e. The third kappa shape index (κ3) is 9.43. The summed E-state index contributed by atoms with van der Waals surface area (Å²) in [5.41, 5.74) is 1.17. The van der Waals surface area contributed by atoms with Crippen LogP contribution in [-0.4, -0.2) is 64.5 Å². The molecule has 1 heterocycles. The second kappa shape index (κ2) is 14.9. The number of nitrogens with one attached hydrogen (secondary N) is 1. The molecule has 0 atom stereocenters. The van der Waals surface area contributed by atoms with Gasteiger partial charge in [0.05, 0.1) is 13.2 Å². The van der Waals surface area contributed by atoms with E-state index in [4.69, 9.17) is 19.2 Å². The minimum atomic E-state index is 0. The molecule has 0 unspecified atom stereocenters. The fourth-order valence-electron chi connectivity index (χ4n) is 3.09. The Morgan fingerprint density at radius 2 is 1.93 bits per heavy atom. The van der Waals surface area contributed by atoms with Crippen LogP contribution in [0.15, 0.2) is 29.3 Å². The molecule has 0 aromatic heterocycles. The molecule has 28 heavy (non-hydrogen) atoms. The van der Waals surface area contributed by atoms with E-state index in [0.29, 0.717) is 19.8 Å². The van der Waals surface area contributed by atoms with Crippen molar-refractivity contribution in [3.05, 3.63) is 29.8 Å². The van der Waals surface area contributed by atoms with Crippen molar-refractivity contribution in [3.8, 4) is 5.75 Å². The number of methoxy groups -OCH3 is 1. The first-order valence-corrected chi connectivity index (χ1v) is 10.0. The molecular weight excluding hydrogens is 469 g/mol. The van der Waals surface area contributed by atoms with Gasteiger partial charge >= 0.3 is 0 Å². The number of aliphatic imine (C=N–C) groups is 1. The Morgan fingerprint density at radius 3 is 2.57 bits per heavy atom. The molecule has 2 rings (SSSR count). The molecule has 0 radical (unpaired) electrons. The van der Waals surface area contributed by atoms with Crippen LogP contribution in [0.5, 0.6) is 5.75 Å².